The van der Waals surface area contributed by atoms with Gasteiger partial charge in [-0.2, -0.15) is 0 Å². The number of benzene rings is 1. The number of likely N-dealkylation sites (N-methyl/N-ethyl adjacent to an activating group) is 1. The van der Waals surface area contributed by atoms with Gasteiger partial charge in [0.1, 0.15) is 18.2 Å². The maximum Gasteiger partial charge on any atom is 0.410 e. The van der Waals surface area contributed by atoms with E-state index in [4.69, 9.17) is 9.47 Å². The standard InChI is InChI=1S/C30H40N2O7/c1-30(2,3)39-27(34)17-16-26(33)31-18-10-9-15-25(28(35)36)32(4)29(37)38-19-24-22-13-7-5-11-20(22)21-12-6-8-14-23(21)24/h5,7-8,11,13-14,24-25H,6,9-10,12,15-19H2,1-4H3,(H,31,33)(H,35,36)/t24?,25-/m0/s1. The van der Waals surface area contributed by atoms with E-state index < -0.39 is 29.7 Å². The predicted molar refractivity (Wildman–Crippen MR) is 147 cm³/mol. The summed E-state index contributed by atoms with van der Waals surface area (Å²) in [5.41, 5.74) is 4.20. The molecule has 0 saturated carbocycles. The van der Waals surface area contributed by atoms with Crippen LogP contribution in [0.1, 0.15) is 82.8 Å². The average molecular weight is 541 g/mol. The number of allylic oxidation sites excluding steroid dienone is 3. The zero-order chi connectivity index (χ0) is 28.6. The van der Waals surface area contributed by atoms with E-state index >= 15 is 0 Å². The Morgan fingerprint density at radius 1 is 1.13 bits per heavy atom. The van der Waals surface area contributed by atoms with Crippen molar-refractivity contribution in [3.8, 4) is 0 Å². The fourth-order valence-electron chi connectivity index (χ4n) is 4.98. The van der Waals surface area contributed by atoms with Crippen molar-refractivity contribution in [2.75, 3.05) is 20.2 Å². The van der Waals surface area contributed by atoms with Crippen LogP contribution in [0.15, 0.2) is 42.0 Å². The van der Waals surface area contributed by atoms with Crippen molar-refractivity contribution >= 4 is 29.5 Å². The second kappa shape index (κ2) is 13.4. The van der Waals surface area contributed by atoms with Gasteiger partial charge in [-0.3, -0.25) is 14.5 Å². The highest BCUT2D eigenvalue weighted by atomic mass is 16.6. The summed E-state index contributed by atoms with van der Waals surface area (Å²) in [7, 11) is 1.44. The Kier molecular flexibility index (Phi) is 10.3. The molecule has 9 heteroatoms. The molecule has 1 unspecified atom stereocenters. The number of unbranched alkanes of at least 4 members (excludes halogenated alkanes) is 1. The molecule has 0 spiro atoms. The summed E-state index contributed by atoms with van der Waals surface area (Å²) < 4.78 is 10.8. The zero-order valence-corrected chi connectivity index (χ0v) is 23.3. The molecule has 9 nitrogen and oxygen atoms in total. The molecule has 2 aliphatic rings. The molecule has 0 saturated heterocycles. The molecule has 0 radical (unpaired) electrons. The number of rotatable bonds is 12. The molecule has 2 amide bonds. The molecular weight excluding hydrogens is 500 g/mol. The van der Waals surface area contributed by atoms with Crippen LogP contribution in [0.25, 0.3) is 5.57 Å². The number of ether oxygens (including phenoxy) is 2. The number of nitrogens with one attached hydrogen (secondary N) is 1. The molecule has 2 aliphatic carbocycles. The Hall–Kier alpha value is -3.62. The maximum atomic E-state index is 12.8. The highest BCUT2D eigenvalue weighted by molar-refractivity contribution is 5.83. The Labute approximate surface area is 230 Å². The van der Waals surface area contributed by atoms with E-state index in [1.807, 2.05) is 12.1 Å². The van der Waals surface area contributed by atoms with Crippen LogP contribution in [0.4, 0.5) is 4.79 Å². The van der Waals surface area contributed by atoms with Gasteiger partial charge >= 0.3 is 18.0 Å². The van der Waals surface area contributed by atoms with Crippen LogP contribution in [0, 0.1) is 0 Å². The van der Waals surface area contributed by atoms with E-state index in [1.54, 1.807) is 20.8 Å². The summed E-state index contributed by atoms with van der Waals surface area (Å²) in [6, 6.07) is 7.10. The van der Waals surface area contributed by atoms with Crippen LogP contribution in [0.2, 0.25) is 0 Å². The molecule has 39 heavy (non-hydrogen) atoms. The highest BCUT2D eigenvalue weighted by Gasteiger charge is 2.33. The molecule has 0 fully saturated rings. The molecule has 2 atom stereocenters. The molecule has 212 valence electrons. The first-order valence-electron chi connectivity index (χ1n) is 13.6. The van der Waals surface area contributed by atoms with Gasteiger partial charge in [0.15, 0.2) is 0 Å². The number of carboxylic acid groups (broad SMARTS) is 1. The third kappa shape index (κ3) is 8.43. The number of hydrogen-bond donors (Lipinski definition) is 2. The van der Waals surface area contributed by atoms with E-state index in [1.165, 1.54) is 23.8 Å². The lowest BCUT2D eigenvalue weighted by atomic mass is 9.93. The van der Waals surface area contributed by atoms with Crippen molar-refractivity contribution in [1.82, 2.24) is 10.2 Å². The number of hydrogen-bond acceptors (Lipinski definition) is 6. The van der Waals surface area contributed by atoms with Gasteiger partial charge in [0, 0.05) is 25.9 Å². The second-order valence-corrected chi connectivity index (χ2v) is 11.0. The van der Waals surface area contributed by atoms with Crippen LogP contribution in [0.5, 0.6) is 0 Å². The van der Waals surface area contributed by atoms with Gasteiger partial charge < -0.3 is 19.9 Å². The summed E-state index contributed by atoms with van der Waals surface area (Å²) in [5, 5.41) is 12.5. The van der Waals surface area contributed by atoms with Crippen LogP contribution >= 0.6 is 0 Å². The lowest BCUT2D eigenvalue weighted by molar-refractivity contribution is -0.155. The lowest BCUT2D eigenvalue weighted by Crippen LogP contribution is -2.43. The summed E-state index contributed by atoms with van der Waals surface area (Å²) in [5.74, 6) is -1.87. The highest BCUT2D eigenvalue weighted by Crippen LogP contribution is 2.46. The Bertz CT molecular complexity index is 1130. The van der Waals surface area contributed by atoms with Crippen molar-refractivity contribution in [3.05, 3.63) is 53.1 Å². The minimum atomic E-state index is -1.11. The Morgan fingerprint density at radius 3 is 2.59 bits per heavy atom. The van der Waals surface area contributed by atoms with Gasteiger partial charge in [-0.15, -0.1) is 0 Å². The SMILES string of the molecule is CN(C(=O)OCC1C2=C(CCC=C2)c2ccccc21)[C@@H](CCCCNC(=O)CCC(=O)OC(C)(C)C)C(=O)O. The number of amides is 2. The molecule has 0 aromatic heterocycles. The third-order valence-electron chi connectivity index (χ3n) is 6.86. The largest absolute Gasteiger partial charge is 0.480 e. The minimum absolute atomic E-state index is 0.00156. The fourth-order valence-corrected chi connectivity index (χ4v) is 4.98. The number of nitrogens with zero attached hydrogens (tertiary/aromatic N) is 1. The molecule has 0 bridgehead atoms. The Morgan fingerprint density at radius 2 is 1.87 bits per heavy atom. The summed E-state index contributed by atoms with van der Waals surface area (Å²) in [4.78, 5) is 49.6. The van der Waals surface area contributed by atoms with Crippen LogP contribution in [-0.2, 0) is 23.9 Å². The third-order valence-corrected chi connectivity index (χ3v) is 6.86. The molecule has 0 aliphatic heterocycles. The van der Waals surface area contributed by atoms with Crippen molar-refractivity contribution in [2.45, 2.75) is 83.3 Å². The van der Waals surface area contributed by atoms with Crippen molar-refractivity contribution in [3.63, 3.8) is 0 Å². The first-order chi connectivity index (χ1) is 18.5. The van der Waals surface area contributed by atoms with Crippen molar-refractivity contribution < 1.29 is 33.8 Å². The topological polar surface area (TPSA) is 122 Å². The van der Waals surface area contributed by atoms with Gasteiger partial charge in [-0.25, -0.2) is 9.59 Å². The summed E-state index contributed by atoms with van der Waals surface area (Å²) >= 11 is 0. The smallest absolute Gasteiger partial charge is 0.410 e. The average Bonchev–Trinajstić information content (AvgIpc) is 3.20. The number of aliphatic carboxylic acids is 1. The normalized spacial score (nSPS) is 16.7. The summed E-state index contributed by atoms with van der Waals surface area (Å²) in [6.45, 7) is 5.79. The van der Waals surface area contributed by atoms with E-state index in [9.17, 15) is 24.3 Å². The van der Waals surface area contributed by atoms with E-state index in [0.717, 1.165) is 23.3 Å². The van der Waals surface area contributed by atoms with Crippen LogP contribution < -0.4 is 5.32 Å². The van der Waals surface area contributed by atoms with E-state index in [0.29, 0.717) is 19.4 Å². The van der Waals surface area contributed by atoms with Gasteiger partial charge in [0.2, 0.25) is 5.91 Å². The first-order valence-corrected chi connectivity index (χ1v) is 13.6. The zero-order valence-electron chi connectivity index (χ0n) is 23.3. The van der Waals surface area contributed by atoms with Crippen molar-refractivity contribution in [2.24, 2.45) is 0 Å². The van der Waals surface area contributed by atoms with E-state index in [-0.39, 0.29) is 37.7 Å². The molecule has 2 N–H and O–H groups in total. The monoisotopic (exact) mass is 540 g/mol. The van der Waals surface area contributed by atoms with E-state index in [2.05, 4.69) is 29.6 Å². The van der Waals surface area contributed by atoms with Crippen LogP contribution in [0.3, 0.4) is 0 Å². The molecule has 0 heterocycles. The maximum absolute atomic E-state index is 12.8. The number of carbonyl (C=O) groups excluding carboxylic acids is 3. The van der Waals surface area contributed by atoms with Gasteiger partial charge in [0.05, 0.1) is 6.42 Å². The Balaban J connectivity index is 1.42. The first kappa shape index (κ1) is 29.9. The van der Waals surface area contributed by atoms with Gasteiger partial charge in [0.25, 0.3) is 0 Å². The second-order valence-electron chi connectivity index (χ2n) is 11.0. The van der Waals surface area contributed by atoms with Gasteiger partial charge in [-0.1, -0.05) is 36.4 Å². The van der Waals surface area contributed by atoms with Crippen molar-refractivity contribution in [1.29, 1.82) is 0 Å². The minimum Gasteiger partial charge on any atom is -0.480 e. The molecular formula is C30H40N2O7. The van der Waals surface area contributed by atoms with Crippen LogP contribution in [-0.4, -0.2) is 65.8 Å². The number of esters is 1. The quantitative estimate of drug-likeness (QED) is 0.288. The number of fused-ring (bicyclic) bond motifs is 2. The molecule has 1 aromatic rings. The number of carboxylic acids is 1. The lowest BCUT2D eigenvalue weighted by Gasteiger charge is -2.25. The van der Waals surface area contributed by atoms with Gasteiger partial charge in [-0.05, 0) is 75.1 Å². The molecule has 1 aromatic carbocycles. The number of carbonyl (C=O) groups is 4. The molecule has 3 rings (SSSR count). The summed E-state index contributed by atoms with van der Waals surface area (Å²) in [6.07, 6.45) is 6.77. The fraction of sp³-hybridized carbons (Fsp3) is 0.533. The predicted octanol–water partition coefficient (Wildman–Crippen LogP) is 4.82.